The SMILES string of the molecule is CNC(=O)Oc1ccc(C(=O)NCCCCO)cc1. The molecule has 0 unspecified atom stereocenters. The van der Waals surface area contributed by atoms with E-state index in [1.807, 2.05) is 0 Å². The average molecular weight is 266 g/mol. The molecule has 0 saturated carbocycles. The van der Waals surface area contributed by atoms with Crippen molar-refractivity contribution in [2.45, 2.75) is 12.8 Å². The first-order chi connectivity index (χ1) is 9.17. The molecule has 2 amide bonds. The van der Waals surface area contributed by atoms with Crippen molar-refractivity contribution in [1.82, 2.24) is 10.6 Å². The minimum atomic E-state index is -0.554. The number of rotatable bonds is 6. The fourth-order valence-corrected chi connectivity index (χ4v) is 1.37. The van der Waals surface area contributed by atoms with Gasteiger partial charge in [-0.15, -0.1) is 0 Å². The number of hydrogen-bond acceptors (Lipinski definition) is 4. The van der Waals surface area contributed by atoms with Crippen LogP contribution in [0.1, 0.15) is 23.2 Å². The van der Waals surface area contributed by atoms with E-state index >= 15 is 0 Å². The van der Waals surface area contributed by atoms with Crippen LogP contribution in [-0.2, 0) is 0 Å². The summed E-state index contributed by atoms with van der Waals surface area (Å²) in [5, 5.41) is 13.7. The van der Waals surface area contributed by atoms with Gasteiger partial charge in [0.1, 0.15) is 5.75 Å². The third-order valence-corrected chi connectivity index (χ3v) is 2.40. The molecule has 104 valence electrons. The van der Waals surface area contributed by atoms with Crippen molar-refractivity contribution in [2.75, 3.05) is 20.2 Å². The maximum atomic E-state index is 11.7. The number of aliphatic hydroxyl groups is 1. The van der Waals surface area contributed by atoms with Crippen LogP contribution in [0, 0.1) is 0 Å². The van der Waals surface area contributed by atoms with Crippen molar-refractivity contribution < 1.29 is 19.4 Å². The van der Waals surface area contributed by atoms with Crippen molar-refractivity contribution >= 4 is 12.0 Å². The van der Waals surface area contributed by atoms with Gasteiger partial charge < -0.3 is 20.5 Å². The first kappa shape index (κ1) is 15.0. The smallest absolute Gasteiger partial charge is 0.410 e. The van der Waals surface area contributed by atoms with Crippen LogP contribution >= 0.6 is 0 Å². The number of carbonyl (C=O) groups excluding carboxylic acids is 2. The predicted octanol–water partition coefficient (Wildman–Crippen LogP) is 0.907. The number of carbonyl (C=O) groups is 2. The second-order valence-corrected chi connectivity index (χ2v) is 3.85. The van der Waals surface area contributed by atoms with Crippen molar-refractivity contribution in [2.24, 2.45) is 0 Å². The minimum absolute atomic E-state index is 0.126. The van der Waals surface area contributed by atoms with Crippen LogP contribution < -0.4 is 15.4 Å². The summed E-state index contributed by atoms with van der Waals surface area (Å²) in [6.45, 7) is 0.650. The van der Waals surface area contributed by atoms with E-state index in [4.69, 9.17) is 9.84 Å². The zero-order valence-electron chi connectivity index (χ0n) is 10.8. The van der Waals surface area contributed by atoms with Crippen LogP contribution in [0.2, 0.25) is 0 Å². The van der Waals surface area contributed by atoms with Crippen LogP contribution in [0.4, 0.5) is 4.79 Å². The molecule has 0 aliphatic rings. The van der Waals surface area contributed by atoms with E-state index in [2.05, 4.69) is 10.6 Å². The molecule has 0 aliphatic heterocycles. The largest absolute Gasteiger partial charge is 0.412 e. The third-order valence-electron chi connectivity index (χ3n) is 2.40. The average Bonchev–Trinajstić information content (AvgIpc) is 2.44. The quantitative estimate of drug-likeness (QED) is 0.668. The molecule has 1 aromatic carbocycles. The van der Waals surface area contributed by atoms with Crippen molar-refractivity contribution in [3.63, 3.8) is 0 Å². The molecule has 6 heteroatoms. The second kappa shape index (κ2) is 8.10. The Morgan fingerprint density at radius 3 is 2.47 bits per heavy atom. The number of ether oxygens (including phenoxy) is 1. The highest BCUT2D eigenvalue weighted by Crippen LogP contribution is 2.12. The van der Waals surface area contributed by atoms with Gasteiger partial charge >= 0.3 is 6.09 Å². The van der Waals surface area contributed by atoms with Gasteiger partial charge in [0.15, 0.2) is 0 Å². The summed E-state index contributed by atoms with van der Waals surface area (Å²) in [6.07, 6.45) is 0.848. The fourth-order valence-electron chi connectivity index (χ4n) is 1.37. The first-order valence-electron chi connectivity index (χ1n) is 6.06. The van der Waals surface area contributed by atoms with Gasteiger partial charge in [0.2, 0.25) is 0 Å². The highest BCUT2D eigenvalue weighted by atomic mass is 16.5. The molecule has 19 heavy (non-hydrogen) atoms. The molecule has 3 N–H and O–H groups in total. The van der Waals surface area contributed by atoms with Gasteiger partial charge in [-0.05, 0) is 37.1 Å². The maximum Gasteiger partial charge on any atom is 0.412 e. The lowest BCUT2D eigenvalue weighted by molar-refractivity contribution is 0.0952. The molecular formula is C13H18N2O4. The summed E-state index contributed by atoms with van der Waals surface area (Å²) in [5.74, 6) is 0.181. The molecule has 0 aromatic heterocycles. The lowest BCUT2D eigenvalue weighted by Crippen LogP contribution is -2.24. The monoisotopic (exact) mass is 266 g/mol. The Morgan fingerprint density at radius 1 is 1.21 bits per heavy atom. The molecule has 0 radical (unpaired) electrons. The molecule has 0 bridgehead atoms. The fraction of sp³-hybridized carbons (Fsp3) is 0.385. The molecule has 1 aromatic rings. The standard InChI is InChI=1S/C13H18N2O4/c1-14-13(18)19-11-6-4-10(5-7-11)12(17)15-8-2-3-9-16/h4-7,16H,2-3,8-9H2,1H3,(H,14,18)(H,15,17). The Balaban J connectivity index is 2.46. The summed E-state index contributed by atoms with van der Waals surface area (Å²) >= 11 is 0. The number of aliphatic hydroxyl groups excluding tert-OH is 1. The Labute approximate surface area is 111 Å². The minimum Gasteiger partial charge on any atom is -0.410 e. The summed E-state index contributed by atoms with van der Waals surface area (Å²) in [5.41, 5.74) is 0.494. The van der Waals surface area contributed by atoms with Crippen LogP contribution in [0.25, 0.3) is 0 Å². The Bertz CT molecular complexity index is 417. The van der Waals surface area contributed by atoms with Crippen LogP contribution in [-0.4, -0.2) is 37.3 Å². The summed E-state index contributed by atoms with van der Waals surface area (Å²) in [7, 11) is 1.47. The van der Waals surface area contributed by atoms with E-state index < -0.39 is 6.09 Å². The van der Waals surface area contributed by atoms with Gasteiger partial charge in [0, 0.05) is 25.8 Å². The first-order valence-corrected chi connectivity index (χ1v) is 6.06. The number of amides is 2. The number of unbranched alkanes of at least 4 members (excludes halogenated alkanes) is 1. The summed E-state index contributed by atoms with van der Waals surface area (Å²) in [4.78, 5) is 22.7. The molecule has 0 heterocycles. The lowest BCUT2D eigenvalue weighted by Gasteiger charge is -2.06. The zero-order chi connectivity index (χ0) is 14.1. The normalized spacial score (nSPS) is 9.79. The van der Waals surface area contributed by atoms with E-state index in [-0.39, 0.29) is 12.5 Å². The van der Waals surface area contributed by atoms with Crippen LogP contribution in [0.15, 0.2) is 24.3 Å². The molecule has 0 atom stereocenters. The van der Waals surface area contributed by atoms with Gasteiger partial charge in [0.25, 0.3) is 5.91 Å². The van der Waals surface area contributed by atoms with E-state index in [1.54, 1.807) is 24.3 Å². The van der Waals surface area contributed by atoms with Crippen molar-refractivity contribution in [3.8, 4) is 5.75 Å². The van der Waals surface area contributed by atoms with Gasteiger partial charge in [-0.3, -0.25) is 4.79 Å². The summed E-state index contributed by atoms with van der Waals surface area (Å²) < 4.78 is 4.90. The van der Waals surface area contributed by atoms with E-state index in [0.29, 0.717) is 24.3 Å². The Morgan fingerprint density at radius 2 is 1.89 bits per heavy atom. The molecule has 0 saturated heterocycles. The van der Waals surface area contributed by atoms with E-state index in [1.165, 1.54) is 7.05 Å². The zero-order valence-corrected chi connectivity index (χ0v) is 10.8. The van der Waals surface area contributed by atoms with Crippen LogP contribution in [0.5, 0.6) is 5.75 Å². The maximum absolute atomic E-state index is 11.7. The van der Waals surface area contributed by atoms with E-state index in [9.17, 15) is 9.59 Å². The Hall–Kier alpha value is -2.08. The van der Waals surface area contributed by atoms with Crippen molar-refractivity contribution in [3.05, 3.63) is 29.8 Å². The lowest BCUT2D eigenvalue weighted by atomic mass is 10.2. The molecular weight excluding hydrogens is 248 g/mol. The third kappa shape index (κ3) is 5.39. The topological polar surface area (TPSA) is 87.7 Å². The highest BCUT2D eigenvalue weighted by molar-refractivity contribution is 5.94. The number of nitrogens with one attached hydrogen (secondary N) is 2. The molecule has 0 spiro atoms. The second-order valence-electron chi connectivity index (χ2n) is 3.85. The molecule has 0 fully saturated rings. The highest BCUT2D eigenvalue weighted by Gasteiger charge is 2.06. The summed E-state index contributed by atoms with van der Waals surface area (Å²) in [6, 6.07) is 6.27. The van der Waals surface area contributed by atoms with Crippen LogP contribution in [0.3, 0.4) is 0 Å². The molecule has 6 nitrogen and oxygen atoms in total. The predicted molar refractivity (Wildman–Crippen MR) is 70.2 cm³/mol. The van der Waals surface area contributed by atoms with Gasteiger partial charge in [-0.2, -0.15) is 0 Å². The molecule has 0 aliphatic carbocycles. The molecule has 1 rings (SSSR count). The Kier molecular flexibility index (Phi) is 6.38. The van der Waals surface area contributed by atoms with Gasteiger partial charge in [0.05, 0.1) is 0 Å². The van der Waals surface area contributed by atoms with E-state index in [0.717, 1.165) is 6.42 Å². The van der Waals surface area contributed by atoms with Crippen molar-refractivity contribution in [1.29, 1.82) is 0 Å². The number of benzene rings is 1. The van der Waals surface area contributed by atoms with Gasteiger partial charge in [-0.1, -0.05) is 0 Å². The van der Waals surface area contributed by atoms with Gasteiger partial charge in [-0.25, -0.2) is 4.79 Å². The number of hydrogen-bond donors (Lipinski definition) is 3.